The third-order valence-electron chi connectivity index (χ3n) is 5.19. The zero-order valence-corrected chi connectivity index (χ0v) is 14.2. The predicted octanol–water partition coefficient (Wildman–Crippen LogP) is 2.34. The second kappa shape index (κ2) is 6.84. The van der Waals surface area contributed by atoms with Crippen molar-refractivity contribution in [1.82, 2.24) is 14.7 Å². The van der Waals surface area contributed by atoms with Gasteiger partial charge in [0.1, 0.15) is 11.5 Å². The molecule has 1 aromatic carbocycles. The summed E-state index contributed by atoms with van der Waals surface area (Å²) in [4.78, 5) is 14.3. The molecule has 1 aliphatic heterocycles. The molecule has 0 spiro atoms. The van der Waals surface area contributed by atoms with Crippen LogP contribution < -0.4 is 0 Å². The number of carbonyl (C=O) groups is 1. The minimum atomic E-state index is -0.488. The van der Waals surface area contributed by atoms with Crippen LogP contribution in [-0.4, -0.2) is 50.5 Å². The number of nitrogens with zero attached hydrogens (tertiary/aromatic N) is 3. The molecule has 0 aliphatic carbocycles. The molecule has 1 saturated heterocycles. The van der Waals surface area contributed by atoms with Gasteiger partial charge in [0.2, 0.25) is 0 Å². The third kappa shape index (κ3) is 3.24. The Balaban J connectivity index is 1.79. The summed E-state index contributed by atoms with van der Waals surface area (Å²) in [5.41, 5.74) is -0.0530. The first-order chi connectivity index (χ1) is 12.0. The van der Waals surface area contributed by atoms with Crippen LogP contribution in [0.3, 0.4) is 0 Å². The number of carbonyl (C=O) groups excluding carboxylic acids is 1. The Bertz CT molecular complexity index is 761. The molecule has 1 fully saturated rings. The van der Waals surface area contributed by atoms with E-state index in [4.69, 9.17) is 0 Å². The minimum absolute atomic E-state index is 0.0868. The van der Waals surface area contributed by atoms with E-state index in [2.05, 4.69) is 5.10 Å². The number of aromatic nitrogens is 2. The first-order valence-electron chi connectivity index (χ1n) is 8.43. The van der Waals surface area contributed by atoms with E-state index in [0.717, 1.165) is 6.42 Å². The highest BCUT2D eigenvalue weighted by Gasteiger charge is 2.35. The van der Waals surface area contributed by atoms with Gasteiger partial charge in [-0.2, -0.15) is 5.10 Å². The number of piperidine rings is 1. The molecule has 25 heavy (non-hydrogen) atoms. The van der Waals surface area contributed by atoms with Crippen LogP contribution in [0.2, 0.25) is 0 Å². The summed E-state index contributed by atoms with van der Waals surface area (Å²) in [6.45, 7) is 3.15. The second-order valence-electron chi connectivity index (χ2n) is 6.56. The molecule has 3 rings (SSSR count). The quantitative estimate of drug-likeness (QED) is 0.890. The summed E-state index contributed by atoms with van der Waals surface area (Å²) in [5, 5.41) is 23.8. The Hall–Kier alpha value is -2.41. The van der Waals surface area contributed by atoms with Crippen molar-refractivity contribution >= 4 is 5.91 Å². The fraction of sp³-hybridized carbons (Fsp3) is 0.444. The van der Waals surface area contributed by atoms with Crippen LogP contribution in [0, 0.1) is 11.2 Å². The number of aliphatic hydroxyl groups is 1. The Morgan fingerprint density at radius 1 is 1.32 bits per heavy atom. The average Bonchev–Trinajstić information content (AvgIpc) is 3.03. The summed E-state index contributed by atoms with van der Waals surface area (Å²) >= 11 is 0. The van der Waals surface area contributed by atoms with Crippen LogP contribution in [-0.2, 0) is 0 Å². The Morgan fingerprint density at radius 3 is 2.60 bits per heavy atom. The van der Waals surface area contributed by atoms with Crippen molar-refractivity contribution in [3.8, 4) is 11.4 Å². The number of aliphatic hydroxyl groups excluding tert-OH is 1. The van der Waals surface area contributed by atoms with E-state index in [1.165, 1.54) is 23.0 Å². The third-order valence-corrected chi connectivity index (χ3v) is 5.19. The van der Waals surface area contributed by atoms with Gasteiger partial charge in [-0.15, -0.1) is 0 Å². The van der Waals surface area contributed by atoms with E-state index in [1.807, 2.05) is 6.92 Å². The van der Waals surface area contributed by atoms with Gasteiger partial charge >= 0.3 is 0 Å². The van der Waals surface area contributed by atoms with E-state index < -0.39 is 5.82 Å². The van der Waals surface area contributed by atoms with Crippen LogP contribution in [0.1, 0.15) is 36.7 Å². The number of halogens is 1. The number of hydrogen-bond acceptors (Lipinski definition) is 4. The smallest absolute Gasteiger partial charge is 0.278 e. The van der Waals surface area contributed by atoms with Gasteiger partial charge in [-0.1, -0.05) is 19.1 Å². The maximum Gasteiger partial charge on any atom is 0.278 e. The first-order valence-corrected chi connectivity index (χ1v) is 8.43. The summed E-state index contributed by atoms with van der Waals surface area (Å²) in [5.74, 6) is -1.14. The van der Waals surface area contributed by atoms with Crippen molar-refractivity contribution in [1.29, 1.82) is 0 Å². The van der Waals surface area contributed by atoms with Gasteiger partial charge in [0.15, 0.2) is 11.4 Å². The first kappa shape index (κ1) is 17.4. The molecule has 6 nitrogen and oxygen atoms in total. The van der Waals surface area contributed by atoms with Crippen molar-refractivity contribution in [3.05, 3.63) is 42.0 Å². The Kier molecular flexibility index (Phi) is 4.76. The van der Waals surface area contributed by atoms with Crippen LogP contribution in [0.15, 0.2) is 30.5 Å². The molecule has 2 aromatic rings. The van der Waals surface area contributed by atoms with Crippen molar-refractivity contribution in [2.75, 3.05) is 19.7 Å². The van der Waals surface area contributed by atoms with E-state index in [1.54, 1.807) is 17.0 Å². The lowest BCUT2D eigenvalue weighted by Crippen LogP contribution is -2.44. The maximum absolute atomic E-state index is 13.9. The number of aromatic hydroxyl groups is 1. The molecule has 7 heteroatoms. The molecule has 0 radical (unpaired) electrons. The summed E-state index contributed by atoms with van der Waals surface area (Å²) in [6.07, 6.45) is 3.51. The number of likely N-dealkylation sites (tertiary alicyclic amines) is 1. The zero-order valence-electron chi connectivity index (χ0n) is 14.2. The van der Waals surface area contributed by atoms with Crippen LogP contribution in [0.25, 0.3) is 5.69 Å². The molecule has 1 aliphatic rings. The fourth-order valence-electron chi connectivity index (χ4n) is 3.24. The minimum Gasteiger partial charge on any atom is -0.504 e. The summed E-state index contributed by atoms with van der Waals surface area (Å²) < 4.78 is 15.0. The molecular formula is C18H22FN3O3. The molecule has 1 aromatic heterocycles. The molecule has 0 atom stereocenters. The SMILES string of the molecule is CCC1(CO)CCN(C(=O)c2nn(-c3ccccc3F)cc2O)CC1. The normalized spacial score (nSPS) is 16.8. The summed E-state index contributed by atoms with van der Waals surface area (Å²) in [7, 11) is 0. The molecule has 2 N–H and O–H groups in total. The van der Waals surface area contributed by atoms with Gasteiger partial charge in [0.25, 0.3) is 5.91 Å². The van der Waals surface area contributed by atoms with Crippen molar-refractivity contribution in [2.45, 2.75) is 26.2 Å². The number of amides is 1. The fourth-order valence-corrected chi connectivity index (χ4v) is 3.24. The van der Waals surface area contributed by atoms with Crippen molar-refractivity contribution in [2.24, 2.45) is 5.41 Å². The molecule has 0 saturated carbocycles. The van der Waals surface area contributed by atoms with Crippen molar-refractivity contribution < 1.29 is 19.4 Å². The lowest BCUT2D eigenvalue weighted by molar-refractivity contribution is 0.0333. The van der Waals surface area contributed by atoms with Gasteiger partial charge in [-0.05, 0) is 36.8 Å². The molecule has 1 amide bonds. The molecule has 134 valence electrons. The van der Waals surface area contributed by atoms with E-state index in [9.17, 15) is 19.4 Å². The highest BCUT2D eigenvalue weighted by atomic mass is 19.1. The molecule has 0 unspecified atom stereocenters. The standard InChI is InChI=1S/C18H22FN3O3/c1-2-18(12-23)7-9-21(10-8-18)17(25)16-15(24)11-22(20-16)14-6-4-3-5-13(14)19/h3-6,11,23-24H,2,7-10,12H2,1H3. The van der Waals surface area contributed by atoms with Gasteiger partial charge in [-0.25, -0.2) is 9.07 Å². The Morgan fingerprint density at radius 2 is 2.00 bits per heavy atom. The topological polar surface area (TPSA) is 78.6 Å². The van der Waals surface area contributed by atoms with Gasteiger partial charge in [0.05, 0.1) is 6.20 Å². The average molecular weight is 347 g/mol. The molecular weight excluding hydrogens is 325 g/mol. The van der Waals surface area contributed by atoms with Crippen LogP contribution >= 0.6 is 0 Å². The van der Waals surface area contributed by atoms with Crippen LogP contribution in [0.4, 0.5) is 4.39 Å². The van der Waals surface area contributed by atoms with Gasteiger partial charge < -0.3 is 15.1 Å². The molecule has 0 bridgehead atoms. The largest absolute Gasteiger partial charge is 0.504 e. The summed E-state index contributed by atoms with van der Waals surface area (Å²) in [6, 6.07) is 6.03. The predicted molar refractivity (Wildman–Crippen MR) is 90.1 cm³/mol. The second-order valence-corrected chi connectivity index (χ2v) is 6.56. The van der Waals surface area contributed by atoms with Crippen molar-refractivity contribution in [3.63, 3.8) is 0 Å². The number of para-hydroxylation sites is 1. The Labute approximate surface area is 145 Å². The number of rotatable bonds is 4. The zero-order chi connectivity index (χ0) is 18.0. The maximum atomic E-state index is 13.9. The highest BCUT2D eigenvalue weighted by molar-refractivity contribution is 5.94. The van der Waals surface area contributed by atoms with E-state index in [-0.39, 0.29) is 35.1 Å². The van der Waals surface area contributed by atoms with Gasteiger partial charge in [0, 0.05) is 19.7 Å². The van der Waals surface area contributed by atoms with E-state index >= 15 is 0 Å². The number of benzene rings is 1. The monoisotopic (exact) mass is 347 g/mol. The lowest BCUT2D eigenvalue weighted by Gasteiger charge is -2.40. The molecule has 2 heterocycles. The highest BCUT2D eigenvalue weighted by Crippen LogP contribution is 2.35. The van der Waals surface area contributed by atoms with Crippen LogP contribution in [0.5, 0.6) is 5.75 Å². The van der Waals surface area contributed by atoms with Gasteiger partial charge in [-0.3, -0.25) is 4.79 Å². The lowest BCUT2D eigenvalue weighted by atomic mass is 9.77. The number of hydrogen-bond donors (Lipinski definition) is 2. The van der Waals surface area contributed by atoms with E-state index in [0.29, 0.717) is 25.9 Å².